The SMILES string of the molecule is COc1ccnc(-c2ccccc2C(F)(F)F)n1. The first-order valence-corrected chi connectivity index (χ1v) is 5.06. The number of benzene rings is 1. The molecule has 0 bridgehead atoms. The molecule has 94 valence electrons. The van der Waals surface area contributed by atoms with Gasteiger partial charge in [-0.05, 0) is 6.07 Å². The van der Waals surface area contributed by atoms with E-state index in [1.54, 1.807) is 0 Å². The van der Waals surface area contributed by atoms with Gasteiger partial charge < -0.3 is 4.74 Å². The third kappa shape index (κ3) is 2.42. The van der Waals surface area contributed by atoms with E-state index >= 15 is 0 Å². The minimum atomic E-state index is -4.44. The van der Waals surface area contributed by atoms with Gasteiger partial charge in [-0.3, -0.25) is 0 Å². The topological polar surface area (TPSA) is 35.0 Å². The van der Waals surface area contributed by atoms with Crippen molar-refractivity contribution in [1.82, 2.24) is 9.97 Å². The molecule has 18 heavy (non-hydrogen) atoms. The molecule has 6 heteroatoms. The molecule has 1 aromatic heterocycles. The van der Waals surface area contributed by atoms with Crippen LogP contribution in [-0.4, -0.2) is 17.1 Å². The molecule has 0 unspecified atom stereocenters. The molecule has 0 N–H and O–H groups in total. The molecule has 0 aliphatic carbocycles. The summed E-state index contributed by atoms with van der Waals surface area (Å²) in [5.41, 5.74) is -0.831. The van der Waals surface area contributed by atoms with E-state index in [2.05, 4.69) is 9.97 Å². The predicted octanol–water partition coefficient (Wildman–Crippen LogP) is 3.17. The molecule has 1 aromatic carbocycles. The average Bonchev–Trinajstić information content (AvgIpc) is 2.38. The van der Waals surface area contributed by atoms with Crippen LogP contribution in [0.4, 0.5) is 13.2 Å². The summed E-state index contributed by atoms with van der Waals surface area (Å²) < 4.78 is 43.4. The molecule has 2 aromatic rings. The van der Waals surface area contributed by atoms with E-state index < -0.39 is 11.7 Å². The van der Waals surface area contributed by atoms with Gasteiger partial charge in [-0.15, -0.1) is 0 Å². The van der Waals surface area contributed by atoms with E-state index in [-0.39, 0.29) is 17.3 Å². The quantitative estimate of drug-likeness (QED) is 0.825. The Labute approximate surface area is 101 Å². The van der Waals surface area contributed by atoms with E-state index in [9.17, 15) is 13.2 Å². The molecule has 0 atom stereocenters. The number of hydrogen-bond donors (Lipinski definition) is 0. The molecule has 0 amide bonds. The summed E-state index contributed by atoms with van der Waals surface area (Å²) in [5.74, 6) is 0.208. The molecule has 2 rings (SSSR count). The van der Waals surface area contributed by atoms with Crippen LogP contribution in [0.2, 0.25) is 0 Å². The molecule has 0 fully saturated rings. The Kier molecular flexibility index (Phi) is 3.18. The summed E-state index contributed by atoms with van der Waals surface area (Å²) in [5, 5.41) is 0. The predicted molar refractivity (Wildman–Crippen MR) is 59.0 cm³/mol. The highest BCUT2D eigenvalue weighted by atomic mass is 19.4. The van der Waals surface area contributed by atoms with Crippen molar-refractivity contribution in [3.63, 3.8) is 0 Å². The number of nitrogens with zero attached hydrogens (tertiary/aromatic N) is 2. The van der Waals surface area contributed by atoms with E-state index in [0.717, 1.165) is 6.07 Å². The summed E-state index contributed by atoms with van der Waals surface area (Å²) in [6.45, 7) is 0. The van der Waals surface area contributed by atoms with Crippen LogP contribution >= 0.6 is 0 Å². The van der Waals surface area contributed by atoms with Crippen molar-refractivity contribution < 1.29 is 17.9 Å². The van der Waals surface area contributed by atoms with Crippen LogP contribution in [0, 0.1) is 0 Å². The fourth-order valence-electron chi connectivity index (χ4n) is 1.51. The Hall–Kier alpha value is -2.11. The standard InChI is InChI=1S/C12H9F3N2O/c1-18-10-6-7-16-11(17-10)8-4-2-3-5-9(8)12(13,14)15/h2-7H,1H3. The van der Waals surface area contributed by atoms with Crippen molar-refractivity contribution in [2.75, 3.05) is 7.11 Å². The second-order valence-electron chi connectivity index (χ2n) is 3.47. The lowest BCUT2D eigenvalue weighted by atomic mass is 10.1. The van der Waals surface area contributed by atoms with Gasteiger partial charge >= 0.3 is 6.18 Å². The first-order chi connectivity index (χ1) is 8.52. The third-order valence-electron chi connectivity index (χ3n) is 2.31. The molecule has 0 saturated carbocycles. The lowest BCUT2D eigenvalue weighted by Crippen LogP contribution is -2.08. The van der Waals surface area contributed by atoms with Gasteiger partial charge in [0.2, 0.25) is 5.88 Å². The van der Waals surface area contributed by atoms with E-state index in [1.807, 2.05) is 0 Å². The smallest absolute Gasteiger partial charge is 0.417 e. The summed E-state index contributed by atoms with van der Waals surface area (Å²) >= 11 is 0. The minimum absolute atomic E-state index is 0.0118. The monoisotopic (exact) mass is 254 g/mol. The number of alkyl halides is 3. The fraction of sp³-hybridized carbons (Fsp3) is 0.167. The second kappa shape index (κ2) is 4.64. The molecular weight excluding hydrogens is 245 g/mol. The Morgan fingerprint density at radius 2 is 1.83 bits per heavy atom. The Bertz CT molecular complexity index is 555. The van der Waals surface area contributed by atoms with Gasteiger partial charge in [0.05, 0.1) is 12.7 Å². The zero-order chi connectivity index (χ0) is 13.2. The molecule has 3 nitrogen and oxygen atoms in total. The Morgan fingerprint density at radius 3 is 2.50 bits per heavy atom. The van der Waals surface area contributed by atoms with Crippen LogP contribution in [-0.2, 0) is 6.18 Å². The summed E-state index contributed by atoms with van der Waals surface area (Å²) in [6, 6.07) is 6.63. The van der Waals surface area contributed by atoms with Gasteiger partial charge in [0.15, 0.2) is 5.82 Å². The number of methoxy groups -OCH3 is 1. The molecule has 0 aliphatic heterocycles. The summed E-state index contributed by atoms with van der Waals surface area (Å²) in [7, 11) is 1.39. The number of halogens is 3. The van der Waals surface area contributed by atoms with Gasteiger partial charge in [-0.2, -0.15) is 18.2 Å². The number of ether oxygens (including phenoxy) is 1. The lowest BCUT2D eigenvalue weighted by molar-refractivity contribution is -0.137. The largest absolute Gasteiger partial charge is 0.481 e. The maximum Gasteiger partial charge on any atom is 0.417 e. The van der Waals surface area contributed by atoms with Crippen LogP contribution in [0.15, 0.2) is 36.5 Å². The van der Waals surface area contributed by atoms with Crippen LogP contribution in [0.3, 0.4) is 0 Å². The van der Waals surface area contributed by atoms with E-state index in [1.165, 1.54) is 37.6 Å². The van der Waals surface area contributed by atoms with Gasteiger partial charge in [0.25, 0.3) is 0 Å². The van der Waals surface area contributed by atoms with Crippen molar-refractivity contribution in [3.05, 3.63) is 42.1 Å². The first kappa shape index (κ1) is 12.3. The van der Waals surface area contributed by atoms with Crippen molar-refractivity contribution in [1.29, 1.82) is 0 Å². The van der Waals surface area contributed by atoms with Crippen molar-refractivity contribution in [2.24, 2.45) is 0 Å². The molecule has 0 spiro atoms. The highest BCUT2D eigenvalue weighted by molar-refractivity contribution is 5.61. The highest BCUT2D eigenvalue weighted by Gasteiger charge is 2.34. The van der Waals surface area contributed by atoms with Crippen LogP contribution < -0.4 is 4.74 Å². The zero-order valence-corrected chi connectivity index (χ0v) is 9.40. The van der Waals surface area contributed by atoms with Crippen molar-refractivity contribution in [2.45, 2.75) is 6.18 Å². The first-order valence-electron chi connectivity index (χ1n) is 5.06. The zero-order valence-electron chi connectivity index (χ0n) is 9.40. The maximum absolute atomic E-state index is 12.8. The lowest BCUT2D eigenvalue weighted by Gasteiger charge is -2.11. The molecule has 0 aliphatic rings. The van der Waals surface area contributed by atoms with Gasteiger partial charge in [-0.25, -0.2) is 4.98 Å². The van der Waals surface area contributed by atoms with E-state index in [0.29, 0.717) is 0 Å². The minimum Gasteiger partial charge on any atom is -0.481 e. The number of rotatable bonds is 2. The van der Waals surface area contributed by atoms with E-state index in [4.69, 9.17) is 4.74 Å². The molecule has 0 saturated heterocycles. The van der Waals surface area contributed by atoms with Gasteiger partial charge in [0.1, 0.15) is 0 Å². The number of aromatic nitrogens is 2. The van der Waals surface area contributed by atoms with Crippen LogP contribution in [0.1, 0.15) is 5.56 Å². The number of hydrogen-bond acceptors (Lipinski definition) is 3. The average molecular weight is 254 g/mol. The van der Waals surface area contributed by atoms with Gasteiger partial charge in [0, 0.05) is 17.8 Å². The second-order valence-corrected chi connectivity index (χ2v) is 3.47. The van der Waals surface area contributed by atoms with Crippen molar-refractivity contribution in [3.8, 4) is 17.3 Å². The van der Waals surface area contributed by atoms with Crippen LogP contribution in [0.25, 0.3) is 11.4 Å². The molecule has 1 heterocycles. The maximum atomic E-state index is 12.8. The summed E-state index contributed by atoms with van der Waals surface area (Å²) in [4.78, 5) is 7.74. The van der Waals surface area contributed by atoms with Crippen molar-refractivity contribution >= 4 is 0 Å². The normalized spacial score (nSPS) is 11.3. The van der Waals surface area contributed by atoms with Crippen LogP contribution in [0.5, 0.6) is 5.88 Å². The van der Waals surface area contributed by atoms with Gasteiger partial charge in [-0.1, -0.05) is 18.2 Å². The fourth-order valence-corrected chi connectivity index (χ4v) is 1.51. The molecular formula is C12H9F3N2O. The third-order valence-corrected chi connectivity index (χ3v) is 2.31. The summed E-state index contributed by atoms with van der Waals surface area (Å²) in [6.07, 6.45) is -3.09. The Balaban J connectivity index is 2.57. The highest BCUT2D eigenvalue weighted by Crippen LogP contribution is 2.35. The molecule has 0 radical (unpaired) electrons. The Morgan fingerprint density at radius 1 is 1.11 bits per heavy atom.